The van der Waals surface area contributed by atoms with E-state index in [1.807, 2.05) is 0 Å². The molecule has 3 aliphatic heterocycles. The number of carbonyl (C=O) groups is 1. The number of fused-ring (bicyclic) bond motifs is 4. The molecular weight excluding hydrogens is 396 g/mol. The molecule has 166 valence electrons. The first-order valence-corrected chi connectivity index (χ1v) is 10.9. The fraction of sp³-hybridized carbons (Fsp3) is 0.952. The van der Waals surface area contributed by atoms with Crippen LogP contribution < -0.4 is 0 Å². The molecule has 0 aromatic rings. The summed E-state index contributed by atoms with van der Waals surface area (Å²) >= 11 is 0. The molecule has 0 unspecified atom stereocenters. The van der Waals surface area contributed by atoms with Gasteiger partial charge in [0.05, 0.1) is 36.4 Å². The minimum absolute atomic E-state index is 0.0351. The molecule has 9 heteroatoms. The van der Waals surface area contributed by atoms with Crippen LogP contribution in [0.25, 0.3) is 0 Å². The Morgan fingerprint density at radius 2 is 1.90 bits per heavy atom. The van der Waals surface area contributed by atoms with Gasteiger partial charge in [0.25, 0.3) is 0 Å². The SMILES string of the molecule is COC[C@]12C(=O)O[C@@H]3[C@H]1[C@]14CC[C@H]2O[C@@]1(O)[C@@H]3[C@@]1(O)C[C@H](OC)[C@@]2(O)C[C@@H]4[C@@H]1[C@H]2O. The molecule has 3 heterocycles. The van der Waals surface area contributed by atoms with Crippen LogP contribution in [0.2, 0.25) is 0 Å². The van der Waals surface area contributed by atoms with E-state index in [9.17, 15) is 25.2 Å². The monoisotopic (exact) mass is 424 g/mol. The lowest BCUT2D eigenvalue weighted by molar-refractivity contribution is -0.431. The van der Waals surface area contributed by atoms with Crippen LogP contribution in [0.15, 0.2) is 0 Å². The molecule has 30 heavy (non-hydrogen) atoms. The minimum atomic E-state index is -1.69. The van der Waals surface area contributed by atoms with Crippen LogP contribution in [0.3, 0.4) is 0 Å². The standard InChI is InChI=1S/C21H28O9/c1-27-7-17-9-3-4-18-8-5-19(24)10(28-2)6-20(25,11(8)15(19)22)14(21(18,26)30-9)12(13(17)18)29-16(17)23/h8-15,22,24-26H,3-7H2,1-2H3/t8-,9-,10+,11-,12-,13-,14+,15-,17-,18-,19+,20-,21+/m1/s1. The molecule has 8 aliphatic rings. The third-order valence-electron chi connectivity index (χ3n) is 10.5. The molecule has 8 fully saturated rings. The maximum Gasteiger partial charge on any atom is 0.317 e. The molecule has 3 saturated heterocycles. The largest absolute Gasteiger partial charge is 0.461 e. The summed E-state index contributed by atoms with van der Waals surface area (Å²) < 4.78 is 23.3. The number of esters is 1. The second-order valence-corrected chi connectivity index (χ2v) is 10.9. The lowest BCUT2D eigenvalue weighted by atomic mass is 9.43. The Bertz CT molecular complexity index is 865. The third kappa shape index (κ3) is 1.41. The van der Waals surface area contributed by atoms with E-state index in [2.05, 4.69) is 0 Å². The summed E-state index contributed by atoms with van der Waals surface area (Å²) in [4.78, 5) is 13.3. The summed E-state index contributed by atoms with van der Waals surface area (Å²) in [7, 11) is 2.98. The highest BCUT2D eigenvalue weighted by Crippen LogP contribution is 2.84. The average molecular weight is 424 g/mol. The van der Waals surface area contributed by atoms with Crippen LogP contribution in [-0.4, -0.2) is 88.6 Å². The summed E-state index contributed by atoms with van der Waals surface area (Å²) in [6.45, 7) is 0.117. The van der Waals surface area contributed by atoms with Gasteiger partial charge in [0.1, 0.15) is 17.1 Å². The second kappa shape index (κ2) is 4.90. The molecule has 8 rings (SSSR count). The van der Waals surface area contributed by atoms with Gasteiger partial charge in [-0.25, -0.2) is 0 Å². The maximum absolute atomic E-state index is 13.3. The zero-order valence-corrected chi connectivity index (χ0v) is 17.0. The molecular formula is C21H28O9. The van der Waals surface area contributed by atoms with Crippen molar-refractivity contribution in [2.75, 3.05) is 20.8 Å². The van der Waals surface area contributed by atoms with Crippen molar-refractivity contribution in [2.45, 2.75) is 67.1 Å². The van der Waals surface area contributed by atoms with Crippen molar-refractivity contribution >= 4 is 5.97 Å². The summed E-state index contributed by atoms with van der Waals surface area (Å²) in [6.07, 6.45) is -1.92. The van der Waals surface area contributed by atoms with E-state index >= 15 is 0 Å². The number of rotatable bonds is 3. The van der Waals surface area contributed by atoms with Crippen molar-refractivity contribution < 1.29 is 44.2 Å². The predicted octanol–water partition coefficient (Wildman–Crippen LogP) is -1.45. The van der Waals surface area contributed by atoms with Gasteiger partial charge in [-0.3, -0.25) is 4.79 Å². The minimum Gasteiger partial charge on any atom is -0.461 e. The van der Waals surface area contributed by atoms with Gasteiger partial charge in [-0.05, 0) is 25.2 Å². The van der Waals surface area contributed by atoms with Gasteiger partial charge in [-0.2, -0.15) is 0 Å². The van der Waals surface area contributed by atoms with Crippen molar-refractivity contribution in [3.63, 3.8) is 0 Å². The fourth-order valence-corrected chi connectivity index (χ4v) is 9.92. The summed E-state index contributed by atoms with van der Waals surface area (Å²) in [6, 6.07) is 0. The second-order valence-electron chi connectivity index (χ2n) is 10.9. The smallest absolute Gasteiger partial charge is 0.317 e. The average Bonchev–Trinajstić information content (AvgIpc) is 3.16. The Morgan fingerprint density at radius 3 is 2.60 bits per heavy atom. The van der Waals surface area contributed by atoms with E-state index in [1.165, 1.54) is 14.2 Å². The first-order chi connectivity index (χ1) is 14.2. The highest BCUT2D eigenvalue weighted by molar-refractivity contribution is 5.83. The van der Waals surface area contributed by atoms with E-state index in [4.69, 9.17) is 18.9 Å². The van der Waals surface area contributed by atoms with Crippen LogP contribution in [0, 0.1) is 34.5 Å². The van der Waals surface area contributed by atoms with Crippen LogP contribution in [0.4, 0.5) is 0 Å². The van der Waals surface area contributed by atoms with E-state index in [-0.39, 0.29) is 19.4 Å². The summed E-state index contributed by atoms with van der Waals surface area (Å²) in [5.41, 5.74) is -5.07. The Balaban J connectivity index is 1.52. The molecule has 0 aromatic carbocycles. The molecule has 13 atom stereocenters. The van der Waals surface area contributed by atoms with Crippen molar-refractivity contribution in [1.82, 2.24) is 0 Å². The van der Waals surface area contributed by atoms with Gasteiger partial charge in [-0.1, -0.05) is 0 Å². The lowest BCUT2D eigenvalue weighted by Gasteiger charge is -2.68. The summed E-state index contributed by atoms with van der Waals surface area (Å²) in [5.74, 6) is -4.48. The van der Waals surface area contributed by atoms with Gasteiger partial charge in [-0.15, -0.1) is 0 Å². The molecule has 5 aliphatic carbocycles. The highest BCUT2D eigenvalue weighted by atomic mass is 16.7. The van der Waals surface area contributed by atoms with Crippen molar-refractivity contribution in [3.05, 3.63) is 0 Å². The molecule has 0 radical (unpaired) electrons. The van der Waals surface area contributed by atoms with Gasteiger partial charge in [0, 0.05) is 37.9 Å². The quantitative estimate of drug-likeness (QED) is 0.401. The summed E-state index contributed by atoms with van der Waals surface area (Å²) in [5, 5.41) is 46.9. The molecule has 9 nitrogen and oxygen atoms in total. The molecule has 1 spiro atoms. The molecule has 4 N–H and O–H groups in total. The number of hydrogen-bond acceptors (Lipinski definition) is 9. The number of methoxy groups -OCH3 is 2. The Morgan fingerprint density at radius 1 is 1.13 bits per heavy atom. The number of aliphatic hydroxyl groups is 4. The van der Waals surface area contributed by atoms with Gasteiger partial charge >= 0.3 is 5.97 Å². The van der Waals surface area contributed by atoms with Crippen molar-refractivity contribution in [1.29, 1.82) is 0 Å². The van der Waals surface area contributed by atoms with Crippen LogP contribution in [0.5, 0.6) is 0 Å². The van der Waals surface area contributed by atoms with Crippen LogP contribution in [0.1, 0.15) is 25.7 Å². The van der Waals surface area contributed by atoms with Gasteiger partial charge < -0.3 is 39.4 Å². The molecule has 7 bridgehead atoms. The van der Waals surface area contributed by atoms with Gasteiger partial charge in [0.2, 0.25) is 0 Å². The maximum atomic E-state index is 13.3. The van der Waals surface area contributed by atoms with Crippen molar-refractivity contribution in [2.24, 2.45) is 34.5 Å². The van der Waals surface area contributed by atoms with Crippen LogP contribution in [-0.2, 0) is 23.7 Å². The van der Waals surface area contributed by atoms with E-state index in [0.717, 1.165) is 0 Å². The Kier molecular flexibility index (Phi) is 3.06. The zero-order valence-electron chi connectivity index (χ0n) is 17.0. The first kappa shape index (κ1) is 18.7. The fourth-order valence-electron chi connectivity index (χ4n) is 9.92. The topological polar surface area (TPSA) is 135 Å². The van der Waals surface area contributed by atoms with Crippen molar-refractivity contribution in [3.8, 4) is 0 Å². The Hall–Kier alpha value is -0.810. The van der Waals surface area contributed by atoms with E-state index in [0.29, 0.717) is 12.8 Å². The molecule has 0 amide bonds. The van der Waals surface area contributed by atoms with E-state index in [1.54, 1.807) is 0 Å². The Labute approximate surface area is 173 Å². The molecule has 5 saturated carbocycles. The molecule has 0 aromatic heterocycles. The number of ether oxygens (including phenoxy) is 4. The van der Waals surface area contributed by atoms with Gasteiger partial charge in [0.15, 0.2) is 5.79 Å². The zero-order chi connectivity index (χ0) is 21.1. The number of carbonyl (C=O) groups excluding carboxylic acids is 1. The highest BCUT2D eigenvalue weighted by Gasteiger charge is 2.95. The predicted molar refractivity (Wildman–Crippen MR) is 95.6 cm³/mol. The third-order valence-corrected chi connectivity index (χ3v) is 10.5. The lowest BCUT2D eigenvalue weighted by Crippen LogP contribution is -2.79. The van der Waals surface area contributed by atoms with Crippen LogP contribution >= 0.6 is 0 Å². The first-order valence-electron chi connectivity index (χ1n) is 10.9. The van der Waals surface area contributed by atoms with E-state index < -0.39 is 81.9 Å². The number of hydrogen-bond donors (Lipinski definition) is 4. The number of aliphatic hydroxyl groups excluding tert-OH is 1. The normalized spacial score (nSPS) is 68.4.